The number of benzene rings is 3. The van der Waals surface area contributed by atoms with Gasteiger partial charge in [-0.25, -0.2) is 8.42 Å². The highest BCUT2D eigenvalue weighted by Crippen LogP contribution is 2.30. The lowest BCUT2D eigenvalue weighted by Crippen LogP contribution is -2.52. The van der Waals surface area contributed by atoms with Crippen LogP contribution in [0.3, 0.4) is 0 Å². The predicted molar refractivity (Wildman–Crippen MR) is 173 cm³/mol. The van der Waals surface area contributed by atoms with Gasteiger partial charge in [0, 0.05) is 32.0 Å². The van der Waals surface area contributed by atoms with Gasteiger partial charge in [0.05, 0.1) is 18.6 Å². The summed E-state index contributed by atoms with van der Waals surface area (Å²) in [6.07, 6.45) is 2.60. The molecule has 0 saturated carbocycles. The molecule has 0 aliphatic heterocycles. The molecule has 0 unspecified atom stereocenters. The Morgan fingerprint density at radius 1 is 0.907 bits per heavy atom. The number of sulfonamides is 1. The summed E-state index contributed by atoms with van der Waals surface area (Å²) in [5, 5.41) is 3.08. The van der Waals surface area contributed by atoms with Crippen molar-refractivity contribution in [2.24, 2.45) is 0 Å². The molecule has 0 bridgehead atoms. The minimum atomic E-state index is -3.65. The van der Waals surface area contributed by atoms with Crippen LogP contribution in [0.25, 0.3) is 0 Å². The van der Waals surface area contributed by atoms with E-state index in [9.17, 15) is 18.0 Å². The van der Waals surface area contributed by atoms with Crippen molar-refractivity contribution >= 4 is 27.5 Å². The van der Waals surface area contributed by atoms with Crippen LogP contribution in [0, 0.1) is 6.92 Å². The summed E-state index contributed by atoms with van der Waals surface area (Å²) in [4.78, 5) is 29.3. The van der Waals surface area contributed by atoms with Crippen LogP contribution < -0.4 is 14.4 Å². The third-order valence-electron chi connectivity index (χ3n) is 7.33. The van der Waals surface area contributed by atoms with Gasteiger partial charge in [-0.1, -0.05) is 79.2 Å². The zero-order valence-electron chi connectivity index (χ0n) is 26.0. The number of carbonyl (C=O) groups is 2. The van der Waals surface area contributed by atoms with E-state index < -0.39 is 16.1 Å². The summed E-state index contributed by atoms with van der Waals surface area (Å²) < 4.78 is 32.6. The van der Waals surface area contributed by atoms with Gasteiger partial charge in [-0.15, -0.1) is 0 Å². The molecule has 3 aromatic carbocycles. The molecule has 0 aromatic heterocycles. The Morgan fingerprint density at radius 3 is 2.19 bits per heavy atom. The number of para-hydroxylation sites is 2. The van der Waals surface area contributed by atoms with Gasteiger partial charge in [0.25, 0.3) is 0 Å². The minimum absolute atomic E-state index is 0.0455. The molecule has 0 saturated heterocycles. The van der Waals surface area contributed by atoms with Crippen molar-refractivity contribution < 1.29 is 22.7 Å². The highest BCUT2D eigenvalue weighted by Gasteiger charge is 2.31. The maximum absolute atomic E-state index is 14.0. The number of rotatable bonds is 16. The van der Waals surface area contributed by atoms with Gasteiger partial charge < -0.3 is 15.0 Å². The topological polar surface area (TPSA) is 96.0 Å². The summed E-state index contributed by atoms with van der Waals surface area (Å²) in [7, 11) is -3.65. The van der Waals surface area contributed by atoms with Crippen LogP contribution in [-0.2, 0) is 32.6 Å². The maximum Gasteiger partial charge on any atom is 0.243 e. The first kappa shape index (κ1) is 33.6. The zero-order valence-corrected chi connectivity index (χ0v) is 26.8. The van der Waals surface area contributed by atoms with Crippen LogP contribution >= 0.6 is 0 Å². The lowest BCUT2D eigenvalue weighted by molar-refractivity contribution is -0.141. The molecule has 0 aliphatic rings. The molecule has 3 aromatic rings. The molecule has 1 N–H and O–H groups in total. The van der Waals surface area contributed by atoms with E-state index in [1.165, 1.54) is 4.31 Å². The fraction of sp³-hybridized carbons (Fsp3) is 0.412. The van der Waals surface area contributed by atoms with E-state index in [1.807, 2.05) is 82.3 Å². The Kier molecular flexibility index (Phi) is 12.6. The van der Waals surface area contributed by atoms with Gasteiger partial charge in [0.2, 0.25) is 21.8 Å². The molecule has 0 spiro atoms. The number of anilines is 1. The van der Waals surface area contributed by atoms with Crippen molar-refractivity contribution in [3.8, 4) is 5.75 Å². The summed E-state index contributed by atoms with van der Waals surface area (Å²) in [5.74, 6) is 0.0433. The molecule has 3 rings (SSSR count). The second kappa shape index (κ2) is 16.1. The molecule has 232 valence electrons. The molecule has 2 amide bonds. The quantitative estimate of drug-likeness (QED) is 0.232. The van der Waals surface area contributed by atoms with Gasteiger partial charge in [-0.3, -0.25) is 13.9 Å². The molecular formula is C34H45N3O5S. The van der Waals surface area contributed by atoms with Gasteiger partial charge in [-0.05, 0) is 56.9 Å². The van der Waals surface area contributed by atoms with E-state index in [2.05, 4.69) is 5.32 Å². The van der Waals surface area contributed by atoms with E-state index in [0.717, 1.165) is 29.4 Å². The van der Waals surface area contributed by atoms with Crippen molar-refractivity contribution in [1.82, 2.24) is 10.2 Å². The second-order valence-corrected chi connectivity index (χ2v) is 12.8. The Labute approximate surface area is 257 Å². The zero-order chi connectivity index (χ0) is 31.4. The highest BCUT2D eigenvalue weighted by molar-refractivity contribution is 7.92. The minimum Gasteiger partial charge on any atom is -0.492 e. The Hall–Kier alpha value is -3.85. The summed E-state index contributed by atoms with van der Waals surface area (Å²) in [6, 6.07) is 23.8. The predicted octanol–water partition coefficient (Wildman–Crippen LogP) is 5.49. The lowest BCUT2D eigenvalue weighted by atomic mass is 10.0. The first-order valence-electron chi connectivity index (χ1n) is 14.9. The highest BCUT2D eigenvalue weighted by atomic mass is 32.2. The Balaban J connectivity index is 1.90. The van der Waals surface area contributed by atoms with Crippen molar-refractivity contribution in [2.45, 2.75) is 72.0 Å². The maximum atomic E-state index is 14.0. The standard InChI is InChI=1S/C34H45N3O5S/c1-6-27(4)35-34(39)31(24-28-14-9-8-10-15-28)36(25-29-21-19-26(3)20-22-29)33(38)18-13-23-37(43(5,40)41)30-16-11-12-17-32(30)42-7-2/h8-12,14-17,19-22,27,31H,6-7,13,18,23-25H2,1-5H3,(H,35,39)/t27-,31-/m1/s1. The van der Waals surface area contributed by atoms with E-state index >= 15 is 0 Å². The molecule has 43 heavy (non-hydrogen) atoms. The van der Waals surface area contributed by atoms with Gasteiger partial charge in [0.15, 0.2) is 0 Å². The van der Waals surface area contributed by atoms with Crippen LogP contribution in [-0.4, -0.2) is 56.6 Å². The SMILES string of the molecule is CCOc1ccccc1N(CCCC(=O)N(Cc1ccc(C)cc1)[C@H](Cc1ccccc1)C(=O)N[C@H](C)CC)S(C)(=O)=O. The number of nitrogens with one attached hydrogen (secondary N) is 1. The normalized spacial score (nSPS) is 12.7. The van der Waals surface area contributed by atoms with Crippen molar-refractivity contribution in [3.63, 3.8) is 0 Å². The first-order valence-corrected chi connectivity index (χ1v) is 16.8. The average molecular weight is 608 g/mol. The number of hydrogen-bond acceptors (Lipinski definition) is 5. The molecule has 0 radical (unpaired) electrons. The largest absolute Gasteiger partial charge is 0.492 e. The number of aryl methyl sites for hydroxylation is 1. The molecular weight excluding hydrogens is 562 g/mol. The average Bonchev–Trinajstić information content (AvgIpc) is 2.98. The van der Waals surface area contributed by atoms with Crippen LogP contribution in [0.2, 0.25) is 0 Å². The van der Waals surface area contributed by atoms with E-state index in [4.69, 9.17) is 4.74 Å². The van der Waals surface area contributed by atoms with Crippen LogP contribution in [0.15, 0.2) is 78.9 Å². The van der Waals surface area contributed by atoms with E-state index in [1.54, 1.807) is 29.2 Å². The van der Waals surface area contributed by atoms with Crippen LogP contribution in [0.4, 0.5) is 5.69 Å². The first-order chi connectivity index (χ1) is 20.5. The lowest BCUT2D eigenvalue weighted by Gasteiger charge is -2.33. The third-order valence-corrected chi connectivity index (χ3v) is 8.51. The van der Waals surface area contributed by atoms with Gasteiger partial charge >= 0.3 is 0 Å². The van der Waals surface area contributed by atoms with Crippen molar-refractivity contribution in [1.29, 1.82) is 0 Å². The smallest absolute Gasteiger partial charge is 0.243 e. The summed E-state index contributed by atoms with van der Waals surface area (Å²) >= 11 is 0. The number of ether oxygens (including phenoxy) is 1. The van der Waals surface area contributed by atoms with Crippen LogP contribution in [0.1, 0.15) is 56.7 Å². The van der Waals surface area contributed by atoms with E-state index in [-0.39, 0.29) is 43.8 Å². The molecule has 2 atom stereocenters. The summed E-state index contributed by atoms with van der Waals surface area (Å²) in [5.41, 5.74) is 3.40. The Morgan fingerprint density at radius 2 is 1.56 bits per heavy atom. The second-order valence-electron chi connectivity index (χ2n) is 10.9. The van der Waals surface area contributed by atoms with Gasteiger partial charge in [-0.2, -0.15) is 0 Å². The van der Waals surface area contributed by atoms with Crippen molar-refractivity contribution in [2.75, 3.05) is 23.7 Å². The molecule has 9 heteroatoms. The molecule has 0 fully saturated rings. The van der Waals surface area contributed by atoms with Crippen molar-refractivity contribution in [3.05, 3.63) is 95.6 Å². The Bertz CT molecular complexity index is 1430. The van der Waals surface area contributed by atoms with Gasteiger partial charge in [0.1, 0.15) is 11.8 Å². The number of nitrogens with zero attached hydrogens (tertiary/aromatic N) is 2. The molecule has 8 nitrogen and oxygen atoms in total. The monoisotopic (exact) mass is 607 g/mol. The molecule has 0 heterocycles. The summed E-state index contributed by atoms with van der Waals surface area (Å²) in [6.45, 7) is 8.53. The molecule has 0 aliphatic carbocycles. The fourth-order valence-corrected chi connectivity index (χ4v) is 5.78. The number of carbonyl (C=O) groups excluding carboxylic acids is 2. The van der Waals surface area contributed by atoms with Crippen LogP contribution in [0.5, 0.6) is 5.75 Å². The number of hydrogen-bond donors (Lipinski definition) is 1. The fourth-order valence-electron chi connectivity index (χ4n) is 4.81. The van der Waals surface area contributed by atoms with E-state index in [0.29, 0.717) is 24.5 Å². The third kappa shape index (κ3) is 10.1. The number of amides is 2.